The predicted octanol–water partition coefficient (Wildman–Crippen LogP) is 13.3. The van der Waals surface area contributed by atoms with Gasteiger partial charge in [-0.15, -0.1) is 0 Å². The molecule has 2 heteroatoms. The molecule has 0 heterocycles. The van der Waals surface area contributed by atoms with Gasteiger partial charge >= 0.3 is 319 Å². The molecule has 3 atom stereocenters. The Kier molecular flexibility index (Phi) is 11.0. The van der Waals surface area contributed by atoms with E-state index in [0.29, 0.717) is 10.1 Å². The van der Waals surface area contributed by atoms with Gasteiger partial charge in [0.25, 0.3) is 0 Å². The summed E-state index contributed by atoms with van der Waals surface area (Å²) in [7, 11) is 0. The number of rotatable bonds is 14. The third-order valence-electron chi connectivity index (χ3n) is 12.4. The Balaban J connectivity index is 1.18. The van der Waals surface area contributed by atoms with Crippen LogP contribution in [0.3, 0.4) is 0 Å². The summed E-state index contributed by atoms with van der Waals surface area (Å²) >= 11 is -2.89. The number of unbranched alkanes of at least 4 members (excludes halogenated alkanes) is 2. The first kappa shape index (κ1) is 36.0. The molecule has 0 spiro atoms. The second kappa shape index (κ2) is 16.2. The molecule has 8 rings (SSSR count). The Hall–Kier alpha value is -4.01. The molecule has 1 radical (unpaired) electrons. The number of fused-ring (bicyclic) bond motifs is 4. The van der Waals surface area contributed by atoms with Gasteiger partial charge in [-0.3, -0.25) is 0 Å². The van der Waals surface area contributed by atoms with Crippen LogP contribution in [-0.4, -0.2) is 6.66 Å². The van der Waals surface area contributed by atoms with Crippen molar-refractivity contribution in [3.63, 3.8) is 0 Å². The second-order valence-corrected chi connectivity index (χ2v) is 30.0. The van der Waals surface area contributed by atoms with Gasteiger partial charge in [0.2, 0.25) is 0 Å². The van der Waals surface area contributed by atoms with Gasteiger partial charge in [-0.2, -0.15) is 0 Å². The third kappa shape index (κ3) is 7.05. The Labute approximate surface area is 322 Å². The van der Waals surface area contributed by atoms with E-state index < -0.39 is 22.5 Å². The second-order valence-electron chi connectivity index (χ2n) is 15.6. The number of hydrogen-bond acceptors (Lipinski definition) is 0. The van der Waals surface area contributed by atoms with Crippen LogP contribution in [-0.2, 0) is 15.8 Å². The van der Waals surface area contributed by atoms with E-state index in [1.165, 1.54) is 85.7 Å². The van der Waals surface area contributed by atoms with Gasteiger partial charge < -0.3 is 0 Å². The first-order valence-electron chi connectivity index (χ1n) is 20.2. The Morgan fingerprint density at radius 2 is 1.23 bits per heavy atom. The molecule has 53 heavy (non-hydrogen) atoms. The van der Waals surface area contributed by atoms with Crippen molar-refractivity contribution in [1.82, 2.24) is 0 Å². The molecule has 0 aliphatic heterocycles. The maximum atomic E-state index is 2.66. The number of benzene rings is 6. The summed E-state index contributed by atoms with van der Waals surface area (Å²) in [5, 5.41) is 6.10. The number of allylic oxidation sites excluding steroid dienone is 2. The van der Waals surface area contributed by atoms with Crippen molar-refractivity contribution in [3.8, 4) is 11.1 Å². The molecule has 6 aromatic rings. The zero-order chi connectivity index (χ0) is 36.2. The van der Waals surface area contributed by atoms with Crippen molar-refractivity contribution < 1.29 is 15.8 Å². The SMILES string of the molecule is CCC[CH2][Ti]([CH2]CCCC1C(C)=Cc2cc(-c3ccccc3)ccc21)([CH]1C(CC)=Cc2c1ccc1ccccc21)[Si](c1ccccc1)c1ccccc1. The fraction of sp³-hybridized carbons (Fsp3) is 0.255. The molecule has 0 saturated carbocycles. The van der Waals surface area contributed by atoms with Crippen LogP contribution in [0.15, 0.2) is 157 Å². The average Bonchev–Trinajstić information content (AvgIpc) is 3.76. The molecule has 0 fully saturated rings. The van der Waals surface area contributed by atoms with E-state index >= 15 is 0 Å². The van der Waals surface area contributed by atoms with Gasteiger partial charge in [-0.1, -0.05) is 6.07 Å². The van der Waals surface area contributed by atoms with Gasteiger partial charge in [0, 0.05) is 0 Å². The summed E-state index contributed by atoms with van der Waals surface area (Å²) in [6.07, 6.45) is 12.7. The van der Waals surface area contributed by atoms with Crippen LogP contribution in [0.5, 0.6) is 0 Å². The molecule has 0 saturated heterocycles. The van der Waals surface area contributed by atoms with Crippen LogP contribution in [0.2, 0.25) is 9.45 Å². The first-order valence-corrected chi connectivity index (χ1v) is 27.1. The zero-order valence-corrected chi connectivity index (χ0v) is 34.4. The quantitative estimate of drug-likeness (QED) is 0.0770. The van der Waals surface area contributed by atoms with Crippen molar-refractivity contribution in [3.05, 3.63) is 179 Å². The van der Waals surface area contributed by atoms with Crippen LogP contribution in [0.4, 0.5) is 0 Å². The summed E-state index contributed by atoms with van der Waals surface area (Å²) in [6.45, 7) is 6.19. The third-order valence-corrected chi connectivity index (χ3v) is 32.6. The summed E-state index contributed by atoms with van der Waals surface area (Å²) < 4.78 is 3.48. The van der Waals surface area contributed by atoms with Crippen molar-refractivity contribution in [1.29, 1.82) is 0 Å². The average molecular weight is 742 g/mol. The Bertz CT molecular complexity index is 2200. The minimum atomic E-state index is -2.89. The molecule has 0 N–H and O–H groups in total. The molecule has 2 aliphatic rings. The van der Waals surface area contributed by atoms with Gasteiger partial charge in [0.05, 0.1) is 0 Å². The molecule has 0 nitrogen and oxygen atoms in total. The van der Waals surface area contributed by atoms with Gasteiger partial charge in [0.1, 0.15) is 0 Å². The van der Waals surface area contributed by atoms with Crippen LogP contribution >= 0.6 is 0 Å². The molecule has 6 aromatic carbocycles. The van der Waals surface area contributed by atoms with Crippen LogP contribution < -0.4 is 10.4 Å². The van der Waals surface area contributed by atoms with Gasteiger partial charge in [-0.05, 0) is 0 Å². The Morgan fingerprint density at radius 1 is 0.585 bits per heavy atom. The molecular weight excluding hydrogens is 689 g/mol. The van der Waals surface area contributed by atoms with Crippen LogP contribution in [0.1, 0.15) is 91.7 Å². The van der Waals surface area contributed by atoms with Gasteiger partial charge in [-0.25, -0.2) is 0 Å². The van der Waals surface area contributed by atoms with Crippen molar-refractivity contribution >= 4 is 40.0 Å². The summed E-state index contributed by atoms with van der Waals surface area (Å²) in [5.74, 6) is 0.532. The normalized spacial score (nSPS) is 17.4. The maximum absolute atomic E-state index is 2.89. The zero-order valence-electron chi connectivity index (χ0n) is 31.8. The van der Waals surface area contributed by atoms with E-state index in [1.807, 2.05) is 0 Å². The van der Waals surface area contributed by atoms with E-state index in [1.54, 1.807) is 21.5 Å². The van der Waals surface area contributed by atoms with Crippen LogP contribution in [0, 0.1) is 0 Å². The molecule has 0 amide bonds. The molecular formula is C51H53SiTi. The summed E-state index contributed by atoms with van der Waals surface area (Å²) in [5.41, 5.74) is 12.0. The standard InChI is InChI=1S/C20H21.C15H13.C12H10Si.C4H9.Ti/c1-3-4-10-19-15(2)13-18-14-17(11-12-20(18)19)16-8-6-5-7-9-16;1-2-11-9-13-8-7-12-5-3-4-6-14(12)15(13)10-11;1-3-7-11(8-4-1)13-12-9-5-2-6-10-12;1-3-4-2;/h5-9,11-14,19H,1,3-4,10H2,2H3;3-10H,2H2,1H3;1-10H;1,3-4H2,2H3;. The minimum absolute atomic E-state index is 0.532. The van der Waals surface area contributed by atoms with Crippen molar-refractivity contribution in [2.24, 2.45) is 0 Å². The molecule has 265 valence electrons. The monoisotopic (exact) mass is 741 g/mol. The van der Waals surface area contributed by atoms with E-state index in [0.717, 1.165) is 6.42 Å². The summed E-state index contributed by atoms with van der Waals surface area (Å²) in [4.78, 5) is 0. The molecule has 2 aliphatic carbocycles. The van der Waals surface area contributed by atoms with Gasteiger partial charge in [0.15, 0.2) is 0 Å². The Morgan fingerprint density at radius 3 is 1.92 bits per heavy atom. The van der Waals surface area contributed by atoms with E-state index in [-0.39, 0.29) is 0 Å². The number of hydrogen-bond donors (Lipinski definition) is 0. The molecule has 3 unspecified atom stereocenters. The first-order chi connectivity index (χ1) is 26.1. The van der Waals surface area contributed by atoms with E-state index in [2.05, 4.69) is 179 Å². The summed E-state index contributed by atoms with van der Waals surface area (Å²) in [6, 6.07) is 55.9. The van der Waals surface area contributed by atoms with Crippen molar-refractivity contribution in [2.45, 2.75) is 78.9 Å². The van der Waals surface area contributed by atoms with E-state index in [9.17, 15) is 0 Å². The predicted molar refractivity (Wildman–Crippen MR) is 230 cm³/mol. The fourth-order valence-corrected chi connectivity index (χ4v) is 33.9. The fourth-order valence-electron chi connectivity index (χ4n) is 9.99. The van der Waals surface area contributed by atoms with E-state index in [4.69, 9.17) is 0 Å². The topological polar surface area (TPSA) is 0 Å². The van der Waals surface area contributed by atoms with Crippen LogP contribution in [0.25, 0.3) is 34.1 Å². The van der Waals surface area contributed by atoms with Crippen molar-refractivity contribution in [2.75, 3.05) is 0 Å². The molecule has 0 bridgehead atoms. The molecule has 0 aromatic heterocycles.